The highest BCUT2D eigenvalue weighted by Crippen LogP contribution is 2.23. The molecule has 0 saturated carbocycles. The largest absolute Gasteiger partial charge is 0.461 e. The second kappa shape index (κ2) is 15.4. The van der Waals surface area contributed by atoms with Gasteiger partial charge in [-0.3, -0.25) is 9.59 Å². The summed E-state index contributed by atoms with van der Waals surface area (Å²) in [5.74, 6) is -12.4. The Kier molecular flexibility index (Phi) is 13.2. The molecule has 0 aliphatic rings. The number of hydrogen-bond donors (Lipinski definition) is 0. The van der Waals surface area contributed by atoms with Crippen molar-refractivity contribution in [1.82, 2.24) is 0 Å². The number of halogens is 5. The van der Waals surface area contributed by atoms with Gasteiger partial charge in [-0.1, -0.05) is 57.6 Å². The van der Waals surface area contributed by atoms with Crippen molar-refractivity contribution >= 4 is 11.9 Å². The van der Waals surface area contributed by atoms with E-state index in [4.69, 9.17) is 4.74 Å². The minimum Gasteiger partial charge on any atom is -0.461 e. The molecule has 0 heterocycles. The fourth-order valence-electron chi connectivity index (χ4n) is 2.82. The summed E-state index contributed by atoms with van der Waals surface area (Å²) in [5.41, 5.74) is -1.26. The van der Waals surface area contributed by atoms with Gasteiger partial charge < -0.3 is 9.47 Å². The Balaban J connectivity index is 2.21. The molecule has 0 atom stereocenters. The summed E-state index contributed by atoms with van der Waals surface area (Å²) >= 11 is 0. The lowest BCUT2D eigenvalue weighted by Crippen LogP contribution is -2.13. The molecule has 0 aromatic heterocycles. The number of esters is 2. The first-order valence-corrected chi connectivity index (χ1v) is 10.8. The van der Waals surface area contributed by atoms with Gasteiger partial charge in [0.15, 0.2) is 23.3 Å². The molecule has 0 saturated heterocycles. The number of rotatable bonds is 15. The van der Waals surface area contributed by atoms with Crippen molar-refractivity contribution in [3.05, 3.63) is 46.8 Å². The molecule has 0 aliphatic heterocycles. The van der Waals surface area contributed by atoms with E-state index in [2.05, 4.69) is 11.7 Å². The number of hydrogen-bond acceptors (Lipinski definition) is 4. The van der Waals surface area contributed by atoms with E-state index in [0.29, 0.717) is 0 Å². The van der Waals surface area contributed by atoms with Gasteiger partial charge in [-0.2, -0.15) is 0 Å². The zero-order chi connectivity index (χ0) is 23.9. The Morgan fingerprint density at radius 2 is 1.19 bits per heavy atom. The lowest BCUT2D eigenvalue weighted by molar-refractivity contribution is -0.150. The molecule has 1 rings (SSSR count). The van der Waals surface area contributed by atoms with Gasteiger partial charge in [0, 0.05) is 0 Å². The van der Waals surface area contributed by atoms with Gasteiger partial charge in [0.1, 0.15) is 13.2 Å². The first-order valence-electron chi connectivity index (χ1n) is 10.8. The third kappa shape index (κ3) is 9.78. The average Bonchev–Trinajstić information content (AvgIpc) is 2.78. The van der Waals surface area contributed by atoms with Gasteiger partial charge in [-0.25, -0.2) is 22.0 Å². The molecule has 180 valence electrons. The Morgan fingerprint density at radius 1 is 0.688 bits per heavy atom. The van der Waals surface area contributed by atoms with Gasteiger partial charge in [-0.15, -0.1) is 0 Å². The van der Waals surface area contributed by atoms with Crippen molar-refractivity contribution in [2.45, 2.75) is 77.7 Å². The summed E-state index contributed by atoms with van der Waals surface area (Å²) in [6.45, 7) is 1.08. The Bertz CT molecular complexity index is 751. The van der Waals surface area contributed by atoms with E-state index >= 15 is 0 Å². The smallest absolute Gasteiger partial charge is 0.306 e. The van der Waals surface area contributed by atoms with Crippen LogP contribution in [-0.4, -0.2) is 18.5 Å². The molecule has 9 heteroatoms. The van der Waals surface area contributed by atoms with Crippen LogP contribution in [0.1, 0.15) is 76.7 Å². The first kappa shape index (κ1) is 27.6. The molecule has 32 heavy (non-hydrogen) atoms. The highest BCUT2D eigenvalue weighted by molar-refractivity contribution is 5.77. The highest BCUT2D eigenvalue weighted by atomic mass is 19.2. The monoisotopic (exact) mass is 464 g/mol. The molecular weight excluding hydrogens is 435 g/mol. The van der Waals surface area contributed by atoms with Crippen LogP contribution in [0.5, 0.6) is 0 Å². The zero-order valence-corrected chi connectivity index (χ0v) is 18.2. The molecule has 1 aromatic rings. The summed E-state index contributed by atoms with van der Waals surface area (Å²) in [6, 6.07) is 0. The first-order chi connectivity index (χ1) is 15.3. The lowest BCUT2D eigenvalue weighted by atomic mass is 10.1. The van der Waals surface area contributed by atoms with Crippen molar-refractivity contribution < 1.29 is 41.0 Å². The molecular formula is C23H29F5O4. The van der Waals surface area contributed by atoms with Crippen LogP contribution in [-0.2, 0) is 25.7 Å². The van der Waals surface area contributed by atoms with E-state index < -0.39 is 59.6 Å². The molecule has 0 spiro atoms. The minimum atomic E-state index is -2.30. The zero-order valence-electron chi connectivity index (χ0n) is 18.2. The van der Waals surface area contributed by atoms with E-state index in [1.807, 2.05) is 6.08 Å². The fraction of sp³-hybridized carbons (Fsp3) is 0.565. The Morgan fingerprint density at radius 3 is 1.78 bits per heavy atom. The van der Waals surface area contributed by atoms with Crippen LogP contribution in [0.4, 0.5) is 22.0 Å². The average molecular weight is 464 g/mol. The normalized spacial score (nSPS) is 11.2. The number of carbonyl (C=O) groups is 2. The molecule has 0 amide bonds. The predicted octanol–water partition coefficient (Wildman–Crippen LogP) is 6.45. The number of ether oxygens (including phenoxy) is 2. The van der Waals surface area contributed by atoms with Crippen LogP contribution in [0.25, 0.3) is 0 Å². The maximum absolute atomic E-state index is 13.5. The Labute approximate surface area is 184 Å². The van der Waals surface area contributed by atoms with E-state index in [1.54, 1.807) is 6.08 Å². The summed E-state index contributed by atoms with van der Waals surface area (Å²) in [4.78, 5) is 23.2. The predicted molar refractivity (Wildman–Crippen MR) is 108 cm³/mol. The third-order valence-corrected chi connectivity index (χ3v) is 4.69. The number of unbranched alkanes of at least 4 members (excludes halogenated alkanes) is 7. The van der Waals surface area contributed by atoms with E-state index in [-0.39, 0.29) is 13.0 Å². The van der Waals surface area contributed by atoms with E-state index in [9.17, 15) is 31.5 Å². The van der Waals surface area contributed by atoms with Crippen LogP contribution in [0.15, 0.2) is 12.2 Å². The van der Waals surface area contributed by atoms with Gasteiger partial charge >= 0.3 is 11.9 Å². The second-order valence-electron chi connectivity index (χ2n) is 7.27. The molecule has 0 aliphatic carbocycles. The SMILES string of the molecule is CCCCCCCCC/C=C/COC(=O)CCC(=O)OCc1c(F)c(F)c(F)c(F)c1F. The standard InChI is InChI=1S/C23H29F5O4/c1-2-3-4-5-6-7-8-9-10-11-14-31-17(29)12-13-18(30)32-15-16-19(24)21(26)23(28)22(27)20(16)25/h10-11H,2-9,12-15H2,1H3/b11-10+. The molecule has 0 unspecified atom stereocenters. The maximum Gasteiger partial charge on any atom is 0.306 e. The number of allylic oxidation sites excluding steroid dienone is 1. The lowest BCUT2D eigenvalue weighted by Gasteiger charge is -2.09. The second-order valence-corrected chi connectivity index (χ2v) is 7.27. The maximum atomic E-state index is 13.5. The van der Waals surface area contributed by atoms with Crippen LogP contribution in [0, 0.1) is 29.1 Å². The van der Waals surface area contributed by atoms with E-state index in [0.717, 1.165) is 19.3 Å². The quantitative estimate of drug-likeness (QED) is 0.0748. The van der Waals surface area contributed by atoms with Crippen molar-refractivity contribution in [2.24, 2.45) is 0 Å². The molecule has 0 bridgehead atoms. The summed E-state index contributed by atoms with van der Waals surface area (Å²) in [5, 5.41) is 0. The molecule has 0 fully saturated rings. The van der Waals surface area contributed by atoms with Crippen molar-refractivity contribution in [3.63, 3.8) is 0 Å². The molecule has 0 radical (unpaired) electrons. The van der Waals surface area contributed by atoms with Gasteiger partial charge in [0.05, 0.1) is 18.4 Å². The fourth-order valence-corrected chi connectivity index (χ4v) is 2.82. The third-order valence-electron chi connectivity index (χ3n) is 4.69. The minimum absolute atomic E-state index is 0.0505. The molecule has 4 nitrogen and oxygen atoms in total. The summed E-state index contributed by atoms with van der Waals surface area (Å²) in [6.07, 6.45) is 12.1. The van der Waals surface area contributed by atoms with Crippen LogP contribution in [0.3, 0.4) is 0 Å². The summed E-state index contributed by atoms with van der Waals surface area (Å²) < 4.78 is 75.6. The van der Waals surface area contributed by atoms with Crippen LogP contribution < -0.4 is 0 Å². The van der Waals surface area contributed by atoms with Gasteiger partial charge in [0.25, 0.3) is 0 Å². The molecule has 0 N–H and O–H groups in total. The Hall–Kier alpha value is -2.45. The number of benzene rings is 1. The molecule has 1 aromatic carbocycles. The summed E-state index contributed by atoms with van der Waals surface area (Å²) in [7, 11) is 0. The van der Waals surface area contributed by atoms with Gasteiger partial charge in [0.2, 0.25) is 5.82 Å². The highest BCUT2D eigenvalue weighted by Gasteiger charge is 2.26. The topological polar surface area (TPSA) is 52.6 Å². The van der Waals surface area contributed by atoms with Crippen molar-refractivity contribution in [1.29, 1.82) is 0 Å². The van der Waals surface area contributed by atoms with Crippen LogP contribution >= 0.6 is 0 Å². The van der Waals surface area contributed by atoms with Gasteiger partial charge in [-0.05, 0) is 12.8 Å². The number of carbonyl (C=O) groups excluding carboxylic acids is 2. The van der Waals surface area contributed by atoms with Crippen LogP contribution in [0.2, 0.25) is 0 Å². The van der Waals surface area contributed by atoms with E-state index in [1.165, 1.54) is 32.1 Å². The van der Waals surface area contributed by atoms with Crippen molar-refractivity contribution in [3.8, 4) is 0 Å². The van der Waals surface area contributed by atoms with Crippen molar-refractivity contribution in [2.75, 3.05) is 6.61 Å².